The SMILES string of the molecule is C=C(C)c1ccc(OCC)c(NC(=O)c2cccc(/C(N)=N/NN)c2)c1. The quantitative estimate of drug-likeness (QED) is 0.264. The molecule has 0 spiro atoms. The first-order valence-electron chi connectivity index (χ1n) is 8.09. The molecule has 0 aliphatic rings. The number of benzene rings is 2. The van der Waals surface area contributed by atoms with Crippen molar-refractivity contribution in [1.82, 2.24) is 5.53 Å². The second-order valence-corrected chi connectivity index (χ2v) is 5.59. The van der Waals surface area contributed by atoms with Gasteiger partial charge in [-0.25, -0.2) is 11.4 Å². The van der Waals surface area contributed by atoms with E-state index >= 15 is 0 Å². The minimum Gasteiger partial charge on any atom is -0.492 e. The maximum absolute atomic E-state index is 12.7. The lowest BCUT2D eigenvalue weighted by Gasteiger charge is -2.14. The molecule has 0 aliphatic heterocycles. The molecule has 0 fully saturated rings. The van der Waals surface area contributed by atoms with Crippen molar-refractivity contribution >= 4 is 23.0 Å². The van der Waals surface area contributed by atoms with Crippen molar-refractivity contribution in [2.45, 2.75) is 13.8 Å². The summed E-state index contributed by atoms with van der Waals surface area (Å²) in [5.41, 5.74) is 11.3. The third-order valence-electron chi connectivity index (χ3n) is 3.63. The predicted molar refractivity (Wildman–Crippen MR) is 105 cm³/mol. The van der Waals surface area contributed by atoms with E-state index in [4.69, 9.17) is 16.3 Å². The molecule has 136 valence electrons. The zero-order valence-electron chi connectivity index (χ0n) is 14.9. The van der Waals surface area contributed by atoms with Crippen molar-refractivity contribution in [2.24, 2.45) is 16.7 Å². The number of nitrogens with zero attached hydrogens (tertiary/aromatic N) is 1. The van der Waals surface area contributed by atoms with Crippen LogP contribution in [0.25, 0.3) is 5.57 Å². The fourth-order valence-corrected chi connectivity index (χ4v) is 2.32. The zero-order chi connectivity index (χ0) is 19.1. The highest BCUT2D eigenvalue weighted by atomic mass is 16.5. The van der Waals surface area contributed by atoms with Crippen LogP contribution in [-0.2, 0) is 0 Å². The number of hydrazine groups is 1. The molecule has 7 nitrogen and oxygen atoms in total. The monoisotopic (exact) mass is 353 g/mol. The number of hydrazone groups is 1. The van der Waals surface area contributed by atoms with E-state index in [1.165, 1.54) is 0 Å². The van der Waals surface area contributed by atoms with E-state index in [1.807, 2.05) is 32.0 Å². The third kappa shape index (κ3) is 4.61. The summed E-state index contributed by atoms with van der Waals surface area (Å²) in [6.07, 6.45) is 0. The van der Waals surface area contributed by atoms with Crippen LogP contribution in [0.3, 0.4) is 0 Å². The first-order chi connectivity index (χ1) is 12.5. The second-order valence-electron chi connectivity index (χ2n) is 5.59. The molecule has 7 heteroatoms. The van der Waals surface area contributed by atoms with Crippen LogP contribution < -0.4 is 27.2 Å². The Morgan fingerprint density at radius 1 is 1.19 bits per heavy atom. The van der Waals surface area contributed by atoms with Crippen molar-refractivity contribution in [3.63, 3.8) is 0 Å². The van der Waals surface area contributed by atoms with E-state index in [0.29, 0.717) is 29.2 Å². The number of rotatable bonds is 7. The van der Waals surface area contributed by atoms with Gasteiger partial charge in [-0.05, 0) is 43.7 Å². The van der Waals surface area contributed by atoms with E-state index < -0.39 is 0 Å². The van der Waals surface area contributed by atoms with Gasteiger partial charge in [0, 0.05) is 11.1 Å². The van der Waals surface area contributed by atoms with Gasteiger partial charge in [-0.1, -0.05) is 30.4 Å². The highest BCUT2D eigenvalue weighted by Gasteiger charge is 2.12. The van der Waals surface area contributed by atoms with Crippen LogP contribution in [0.5, 0.6) is 5.75 Å². The lowest BCUT2D eigenvalue weighted by Crippen LogP contribution is -2.23. The number of carbonyl (C=O) groups is 1. The minimum absolute atomic E-state index is 0.182. The molecule has 0 saturated heterocycles. The van der Waals surface area contributed by atoms with Crippen molar-refractivity contribution in [2.75, 3.05) is 11.9 Å². The average Bonchev–Trinajstić information content (AvgIpc) is 2.63. The fourth-order valence-electron chi connectivity index (χ4n) is 2.32. The van der Waals surface area contributed by atoms with Gasteiger partial charge >= 0.3 is 0 Å². The molecule has 6 N–H and O–H groups in total. The topological polar surface area (TPSA) is 115 Å². The highest BCUT2D eigenvalue weighted by Crippen LogP contribution is 2.29. The summed E-state index contributed by atoms with van der Waals surface area (Å²) < 4.78 is 5.60. The molecule has 26 heavy (non-hydrogen) atoms. The maximum atomic E-state index is 12.7. The smallest absolute Gasteiger partial charge is 0.255 e. The van der Waals surface area contributed by atoms with Gasteiger partial charge in [0.2, 0.25) is 0 Å². The molecular weight excluding hydrogens is 330 g/mol. The molecule has 1 amide bonds. The normalized spacial score (nSPS) is 11.0. The summed E-state index contributed by atoms with van der Waals surface area (Å²) in [7, 11) is 0. The Bertz CT molecular complexity index is 846. The first kappa shape index (κ1) is 19.0. The summed E-state index contributed by atoms with van der Waals surface area (Å²) in [6, 6.07) is 12.3. The van der Waals surface area contributed by atoms with Crippen molar-refractivity contribution in [1.29, 1.82) is 0 Å². The van der Waals surface area contributed by atoms with Gasteiger partial charge in [0.05, 0.1) is 12.3 Å². The second kappa shape index (κ2) is 8.68. The predicted octanol–water partition coefficient (Wildman–Crippen LogP) is 2.45. The Balaban J connectivity index is 2.32. The van der Waals surface area contributed by atoms with Crippen LogP contribution in [0.1, 0.15) is 35.3 Å². The molecule has 2 rings (SSSR count). The summed E-state index contributed by atoms with van der Waals surface area (Å²) in [6.45, 7) is 8.21. The molecule has 2 aromatic rings. The van der Waals surface area contributed by atoms with Crippen LogP contribution in [0, 0.1) is 0 Å². The van der Waals surface area contributed by atoms with Crippen LogP contribution in [-0.4, -0.2) is 18.3 Å². The number of ether oxygens (including phenoxy) is 1. The Morgan fingerprint density at radius 2 is 1.92 bits per heavy atom. The Labute approximate surface area is 152 Å². The van der Waals surface area contributed by atoms with Crippen LogP contribution in [0.15, 0.2) is 54.1 Å². The molecule has 0 unspecified atom stereocenters. The van der Waals surface area contributed by atoms with Crippen LogP contribution in [0.4, 0.5) is 5.69 Å². The molecule has 0 radical (unpaired) electrons. The van der Waals surface area contributed by atoms with E-state index in [1.54, 1.807) is 24.3 Å². The van der Waals surface area contributed by atoms with Gasteiger partial charge in [-0.15, -0.1) is 5.10 Å². The number of nitrogens with two attached hydrogens (primary N) is 2. The average molecular weight is 353 g/mol. The maximum Gasteiger partial charge on any atom is 0.255 e. The summed E-state index contributed by atoms with van der Waals surface area (Å²) in [5.74, 6) is 5.62. The van der Waals surface area contributed by atoms with Crippen LogP contribution in [0.2, 0.25) is 0 Å². The Kier molecular flexibility index (Phi) is 6.35. The zero-order valence-corrected chi connectivity index (χ0v) is 14.9. The van der Waals surface area contributed by atoms with E-state index in [9.17, 15) is 4.79 Å². The standard InChI is InChI=1S/C19H23N5O2/c1-4-26-17-9-8-13(12(2)3)11-16(17)22-19(25)15-7-5-6-14(10-15)18(20)23-24-21/h5-11,24H,2,4,21H2,1,3H3,(H2,20,23)(H,22,25). The van der Waals surface area contributed by atoms with Gasteiger partial charge < -0.3 is 15.8 Å². The summed E-state index contributed by atoms with van der Waals surface area (Å²) >= 11 is 0. The largest absolute Gasteiger partial charge is 0.492 e. The lowest BCUT2D eigenvalue weighted by molar-refractivity contribution is 0.102. The van der Waals surface area contributed by atoms with Crippen LogP contribution >= 0.6 is 0 Å². The lowest BCUT2D eigenvalue weighted by atomic mass is 10.1. The number of anilines is 1. The number of hydrogen-bond donors (Lipinski definition) is 4. The number of amides is 1. The van der Waals surface area contributed by atoms with E-state index in [0.717, 1.165) is 11.1 Å². The van der Waals surface area contributed by atoms with Gasteiger partial charge in [-0.3, -0.25) is 4.79 Å². The third-order valence-corrected chi connectivity index (χ3v) is 3.63. The molecule has 0 saturated carbocycles. The van der Waals surface area contributed by atoms with Gasteiger partial charge in [0.25, 0.3) is 5.91 Å². The molecule has 0 atom stereocenters. The summed E-state index contributed by atoms with van der Waals surface area (Å²) in [5, 5.41) is 6.59. The molecule has 0 aromatic heterocycles. The molecule has 2 aromatic carbocycles. The van der Waals surface area contributed by atoms with Gasteiger partial charge in [0.15, 0.2) is 5.84 Å². The molecular formula is C19H23N5O2. The number of hydrogen-bond acceptors (Lipinski definition) is 5. The first-order valence-corrected chi connectivity index (χ1v) is 8.09. The number of allylic oxidation sites excluding steroid dienone is 1. The summed E-state index contributed by atoms with van der Waals surface area (Å²) in [4.78, 5) is 12.7. The Morgan fingerprint density at radius 3 is 2.58 bits per heavy atom. The molecule has 0 heterocycles. The molecule has 0 bridgehead atoms. The minimum atomic E-state index is -0.292. The Hall–Kier alpha value is -3.32. The van der Waals surface area contributed by atoms with E-state index in [-0.39, 0.29) is 11.7 Å². The van der Waals surface area contributed by atoms with E-state index in [2.05, 4.69) is 22.5 Å². The van der Waals surface area contributed by atoms with Crippen molar-refractivity contribution < 1.29 is 9.53 Å². The van der Waals surface area contributed by atoms with Crippen molar-refractivity contribution in [3.8, 4) is 5.75 Å². The van der Waals surface area contributed by atoms with Crippen molar-refractivity contribution in [3.05, 3.63) is 65.7 Å². The number of nitrogens with one attached hydrogen (secondary N) is 2. The number of amidine groups is 1. The van der Waals surface area contributed by atoms with Gasteiger partial charge in [-0.2, -0.15) is 0 Å². The fraction of sp³-hybridized carbons (Fsp3) is 0.158. The molecule has 0 aliphatic carbocycles. The van der Waals surface area contributed by atoms with Gasteiger partial charge in [0.1, 0.15) is 5.75 Å². The number of carbonyl (C=O) groups excluding carboxylic acids is 1. The highest BCUT2D eigenvalue weighted by molar-refractivity contribution is 6.07.